The Morgan fingerprint density at radius 3 is 2.52 bits per heavy atom. The molecule has 21 heavy (non-hydrogen) atoms. The number of hydrogen-bond acceptors (Lipinski definition) is 5. The number of nitrogens with zero attached hydrogens (tertiary/aromatic N) is 3. The van der Waals surface area contributed by atoms with E-state index in [1.54, 1.807) is 13.1 Å². The molecule has 2 aromatic rings. The highest BCUT2D eigenvalue weighted by molar-refractivity contribution is 5.61. The van der Waals surface area contributed by atoms with Crippen LogP contribution in [0.3, 0.4) is 0 Å². The number of nitro groups is 1. The average Bonchev–Trinajstić information content (AvgIpc) is 2.52. The molecule has 1 N–H and O–H groups in total. The number of aromatic nitrogens is 1. The zero-order chi connectivity index (χ0) is 15.2. The molecule has 0 fully saturated rings. The van der Waals surface area contributed by atoms with Crippen molar-refractivity contribution < 1.29 is 4.92 Å². The third-order valence-electron chi connectivity index (χ3n) is 3.20. The second-order valence-corrected chi connectivity index (χ2v) is 4.55. The summed E-state index contributed by atoms with van der Waals surface area (Å²) >= 11 is 0. The van der Waals surface area contributed by atoms with Gasteiger partial charge in [0, 0.05) is 26.2 Å². The molecule has 0 aliphatic heterocycles. The zero-order valence-corrected chi connectivity index (χ0v) is 12.1. The SMILES string of the molecule is CCN(Cc1ccccc1)c1nc(NC)ccc1[N+](=O)[O-]. The summed E-state index contributed by atoms with van der Waals surface area (Å²) in [4.78, 5) is 17.1. The summed E-state index contributed by atoms with van der Waals surface area (Å²) in [6.45, 7) is 3.18. The van der Waals surface area contributed by atoms with Gasteiger partial charge in [0.05, 0.1) is 4.92 Å². The summed E-state index contributed by atoms with van der Waals surface area (Å²) in [6, 6.07) is 12.9. The maximum Gasteiger partial charge on any atom is 0.311 e. The second kappa shape index (κ2) is 6.69. The van der Waals surface area contributed by atoms with E-state index in [0.29, 0.717) is 24.7 Å². The number of rotatable bonds is 6. The van der Waals surface area contributed by atoms with Gasteiger partial charge in [-0.15, -0.1) is 0 Å². The summed E-state index contributed by atoms with van der Waals surface area (Å²) < 4.78 is 0. The van der Waals surface area contributed by atoms with Crippen LogP contribution in [0.5, 0.6) is 0 Å². The summed E-state index contributed by atoms with van der Waals surface area (Å²) in [7, 11) is 1.74. The van der Waals surface area contributed by atoms with E-state index in [1.165, 1.54) is 6.07 Å². The van der Waals surface area contributed by atoms with Gasteiger partial charge in [-0.25, -0.2) is 4.98 Å². The number of nitrogens with one attached hydrogen (secondary N) is 1. The normalized spacial score (nSPS) is 10.2. The van der Waals surface area contributed by atoms with Gasteiger partial charge >= 0.3 is 5.69 Å². The molecule has 6 nitrogen and oxygen atoms in total. The van der Waals surface area contributed by atoms with E-state index in [4.69, 9.17) is 0 Å². The van der Waals surface area contributed by atoms with Gasteiger partial charge in [-0.2, -0.15) is 0 Å². The van der Waals surface area contributed by atoms with Gasteiger partial charge in [0.15, 0.2) is 0 Å². The standard InChI is InChI=1S/C15H18N4O2/c1-3-18(11-12-7-5-4-6-8-12)15-13(19(20)21)9-10-14(16-2)17-15/h4-10H,3,11H2,1-2H3,(H,16,17). The minimum absolute atomic E-state index is 0.0202. The van der Waals surface area contributed by atoms with E-state index in [0.717, 1.165) is 5.56 Å². The Bertz CT molecular complexity index is 616. The number of anilines is 2. The number of pyridine rings is 1. The third kappa shape index (κ3) is 3.47. The molecule has 0 aliphatic carbocycles. The van der Waals surface area contributed by atoms with Crippen molar-refractivity contribution in [2.75, 3.05) is 23.8 Å². The molecule has 0 radical (unpaired) electrons. The molecule has 1 aromatic heterocycles. The molecule has 1 aromatic carbocycles. The highest BCUT2D eigenvalue weighted by atomic mass is 16.6. The van der Waals surface area contributed by atoms with E-state index in [1.807, 2.05) is 42.2 Å². The van der Waals surface area contributed by atoms with E-state index >= 15 is 0 Å². The van der Waals surface area contributed by atoms with Crippen molar-refractivity contribution in [3.05, 3.63) is 58.1 Å². The van der Waals surface area contributed by atoms with Gasteiger partial charge in [0.25, 0.3) is 0 Å². The minimum atomic E-state index is -0.393. The summed E-state index contributed by atoms with van der Waals surface area (Å²) in [5.41, 5.74) is 1.11. The zero-order valence-electron chi connectivity index (χ0n) is 12.1. The van der Waals surface area contributed by atoms with Crippen molar-refractivity contribution in [2.24, 2.45) is 0 Å². The molecular formula is C15H18N4O2. The van der Waals surface area contributed by atoms with Crippen LogP contribution >= 0.6 is 0 Å². The van der Waals surface area contributed by atoms with Crippen LogP contribution in [0.2, 0.25) is 0 Å². The van der Waals surface area contributed by atoms with Crippen molar-refractivity contribution >= 4 is 17.3 Å². The first-order valence-corrected chi connectivity index (χ1v) is 6.77. The van der Waals surface area contributed by atoms with Gasteiger partial charge in [0.1, 0.15) is 5.82 Å². The lowest BCUT2D eigenvalue weighted by atomic mass is 10.2. The van der Waals surface area contributed by atoms with E-state index in [-0.39, 0.29) is 5.69 Å². The van der Waals surface area contributed by atoms with Crippen LogP contribution in [0, 0.1) is 10.1 Å². The quantitative estimate of drug-likeness (QED) is 0.652. The van der Waals surface area contributed by atoms with Crippen molar-refractivity contribution in [3.63, 3.8) is 0 Å². The molecule has 0 spiro atoms. The van der Waals surface area contributed by atoms with Crippen molar-refractivity contribution in [1.29, 1.82) is 0 Å². The Morgan fingerprint density at radius 1 is 1.24 bits per heavy atom. The van der Waals surface area contributed by atoms with Crippen molar-refractivity contribution in [1.82, 2.24) is 4.98 Å². The monoisotopic (exact) mass is 286 g/mol. The Kier molecular flexibility index (Phi) is 4.71. The average molecular weight is 286 g/mol. The fraction of sp³-hybridized carbons (Fsp3) is 0.267. The Hall–Kier alpha value is -2.63. The topological polar surface area (TPSA) is 71.3 Å². The lowest BCUT2D eigenvalue weighted by molar-refractivity contribution is -0.384. The van der Waals surface area contributed by atoms with E-state index in [2.05, 4.69) is 10.3 Å². The summed E-state index contributed by atoms with van der Waals surface area (Å²) in [6.07, 6.45) is 0. The third-order valence-corrected chi connectivity index (χ3v) is 3.20. The smallest absolute Gasteiger partial charge is 0.311 e. The van der Waals surface area contributed by atoms with Crippen LogP contribution in [0.1, 0.15) is 12.5 Å². The van der Waals surface area contributed by atoms with E-state index < -0.39 is 4.92 Å². The van der Waals surface area contributed by atoms with Crippen LogP contribution in [0.25, 0.3) is 0 Å². The molecule has 0 aliphatic rings. The van der Waals surface area contributed by atoms with Crippen LogP contribution in [-0.4, -0.2) is 23.5 Å². The first-order valence-electron chi connectivity index (χ1n) is 6.77. The van der Waals surface area contributed by atoms with Crippen LogP contribution in [0.15, 0.2) is 42.5 Å². The molecule has 1 heterocycles. The molecule has 2 rings (SSSR count). The second-order valence-electron chi connectivity index (χ2n) is 4.55. The number of benzene rings is 1. The van der Waals surface area contributed by atoms with Crippen LogP contribution in [0.4, 0.5) is 17.3 Å². The van der Waals surface area contributed by atoms with Gasteiger partial charge in [-0.3, -0.25) is 10.1 Å². The molecule has 0 bridgehead atoms. The molecule has 0 unspecified atom stereocenters. The van der Waals surface area contributed by atoms with Gasteiger partial charge in [-0.05, 0) is 18.6 Å². The predicted octanol–water partition coefficient (Wildman–Crippen LogP) is 3.06. The fourth-order valence-corrected chi connectivity index (χ4v) is 2.10. The highest BCUT2D eigenvalue weighted by Gasteiger charge is 2.21. The van der Waals surface area contributed by atoms with Gasteiger partial charge in [-0.1, -0.05) is 30.3 Å². The summed E-state index contributed by atoms with van der Waals surface area (Å²) in [5.74, 6) is 1.00. The first kappa shape index (κ1) is 14.8. The molecule has 0 amide bonds. The van der Waals surface area contributed by atoms with Crippen molar-refractivity contribution in [2.45, 2.75) is 13.5 Å². The van der Waals surface area contributed by atoms with Crippen molar-refractivity contribution in [3.8, 4) is 0 Å². The molecule has 6 heteroatoms. The largest absolute Gasteiger partial charge is 0.373 e. The van der Waals surface area contributed by atoms with Gasteiger partial charge in [0.2, 0.25) is 5.82 Å². The summed E-state index contributed by atoms with van der Waals surface area (Å²) in [5, 5.41) is 14.1. The lowest BCUT2D eigenvalue weighted by Crippen LogP contribution is -2.24. The van der Waals surface area contributed by atoms with E-state index in [9.17, 15) is 10.1 Å². The molecular weight excluding hydrogens is 268 g/mol. The minimum Gasteiger partial charge on any atom is -0.373 e. The molecule has 0 saturated carbocycles. The van der Waals surface area contributed by atoms with Crippen LogP contribution < -0.4 is 10.2 Å². The number of hydrogen-bond donors (Lipinski definition) is 1. The molecule has 0 saturated heterocycles. The van der Waals surface area contributed by atoms with Gasteiger partial charge < -0.3 is 10.2 Å². The Balaban J connectivity index is 2.38. The lowest BCUT2D eigenvalue weighted by Gasteiger charge is -2.22. The highest BCUT2D eigenvalue weighted by Crippen LogP contribution is 2.28. The predicted molar refractivity (Wildman–Crippen MR) is 83.6 cm³/mol. The Labute approximate surface area is 123 Å². The first-order chi connectivity index (χ1) is 10.2. The molecule has 110 valence electrons. The maximum atomic E-state index is 11.2. The van der Waals surface area contributed by atoms with Crippen LogP contribution in [-0.2, 0) is 6.54 Å². The Morgan fingerprint density at radius 2 is 1.95 bits per heavy atom. The maximum absolute atomic E-state index is 11.2. The fourth-order valence-electron chi connectivity index (χ4n) is 2.10. The molecule has 0 atom stereocenters.